The van der Waals surface area contributed by atoms with E-state index in [1.165, 1.54) is 4.91 Å². The molecule has 1 aromatic rings. The van der Waals surface area contributed by atoms with Crippen molar-refractivity contribution in [3.05, 3.63) is 55.5 Å². The van der Waals surface area contributed by atoms with E-state index in [1.807, 2.05) is 32.9 Å². The Hall–Kier alpha value is -3.38. The number of nitrogens with one attached hydrogen (secondary N) is 4. The molecular weight excluding hydrogens is 613 g/mol. The van der Waals surface area contributed by atoms with Gasteiger partial charge in [0, 0.05) is 64.5 Å². The highest BCUT2D eigenvalue weighted by molar-refractivity contribution is 8.11. The number of aliphatic hydroxyl groups is 1. The molecule has 2 saturated heterocycles. The molecule has 4 aliphatic heterocycles. The van der Waals surface area contributed by atoms with Crippen LogP contribution in [0.15, 0.2) is 33.0 Å². The number of aliphatic hydroxyl groups excluding tert-OH is 1. The molecule has 7 N–H and O–H groups in total. The maximum absolute atomic E-state index is 12.5. The molecule has 12 heteroatoms. The number of carbonyl (C=O) groups is 3. The summed E-state index contributed by atoms with van der Waals surface area (Å²) in [5.41, 5.74) is 7.95. The van der Waals surface area contributed by atoms with Crippen molar-refractivity contribution in [1.29, 1.82) is 0 Å². The van der Waals surface area contributed by atoms with Gasteiger partial charge in [0.1, 0.15) is 0 Å². The molecule has 0 bridgehead atoms. The van der Waals surface area contributed by atoms with Gasteiger partial charge < -0.3 is 30.9 Å². The summed E-state index contributed by atoms with van der Waals surface area (Å²) in [6.07, 6.45) is 5.98. The number of carboxylic acid groups (broad SMARTS) is 2. The molecule has 5 heterocycles. The van der Waals surface area contributed by atoms with E-state index in [4.69, 9.17) is 0 Å². The average Bonchev–Trinajstić information content (AvgIpc) is 3.56. The Morgan fingerprint density at radius 2 is 1.76 bits per heavy atom. The van der Waals surface area contributed by atoms with Crippen LogP contribution in [0.3, 0.4) is 0 Å². The molecule has 1 aromatic heterocycles. The van der Waals surface area contributed by atoms with Crippen molar-refractivity contribution in [3.63, 3.8) is 0 Å². The van der Waals surface area contributed by atoms with Gasteiger partial charge >= 0.3 is 17.8 Å². The number of allylic oxidation sites excluding steroid dienone is 2. The zero-order chi connectivity index (χ0) is 32.6. The van der Waals surface area contributed by atoms with E-state index in [9.17, 15) is 29.7 Å². The van der Waals surface area contributed by atoms with Gasteiger partial charge in [-0.25, -0.2) is 4.99 Å². The van der Waals surface area contributed by atoms with Crippen molar-refractivity contribution >= 4 is 60.3 Å². The van der Waals surface area contributed by atoms with Crippen molar-refractivity contribution in [2.24, 2.45) is 17.8 Å². The minimum absolute atomic E-state index is 0.0179. The van der Waals surface area contributed by atoms with Gasteiger partial charge in [-0.3, -0.25) is 14.4 Å². The second-order valence-electron chi connectivity index (χ2n) is 12.5. The third kappa shape index (κ3) is 7.06. The van der Waals surface area contributed by atoms with Crippen LogP contribution >= 0.6 is 24.4 Å². The summed E-state index contributed by atoms with van der Waals surface area (Å²) < 4.78 is 0. The molecule has 0 saturated carbocycles. The minimum atomic E-state index is -0.894. The standard InChI is InChI=1S/C33H42N4O6S2/c1-15-19(5-7-29(38)39)25(34-22(15)11-24-18(4)31(28-14-45-28)33(43)36-24)13-26-20(6-8-30(40)41)16(2)23(35-26)12-27-21(9-10-44)17(3)32(42)37-27/h12-13,17-18,21-22,24,34-35,44H,5-11,14H2,1-4H3,(H,36,43)(H,37,42)(H,38,39)(H,40,41)/p+1/b25-13+,27-12-,31-28+/t17-,18?,21-,22?,24-/m1/s1. The first-order valence-electron chi connectivity index (χ1n) is 15.5. The quantitative estimate of drug-likeness (QED) is 0.126. The number of hydrogen-bond donors (Lipinski definition) is 8. The number of amides is 1. The minimum Gasteiger partial charge on any atom is -0.481 e. The van der Waals surface area contributed by atoms with Gasteiger partial charge in [-0.05, 0) is 73.3 Å². The maximum atomic E-state index is 12.5. The van der Waals surface area contributed by atoms with Crippen molar-refractivity contribution in [2.45, 2.75) is 78.3 Å². The van der Waals surface area contributed by atoms with E-state index < -0.39 is 11.9 Å². The van der Waals surface area contributed by atoms with E-state index >= 15 is 0 Å². The molecule has 1 amide bonds. The molecular formula is C33H43N4O6S2+. The zero-order valence-electron chi connectivity index (χ0n) is 26.1. The average molecular weight is 656 g/mol. The first-order valence-corrected chi connectivity index (χ1v) is 17.2. The number of carbonyl (C=O) groups excluding carboxylic acids is 1. The van der Waals surface area contributed by atoms with Crippen molar-refractivity contribution < 1.29 is 34.7 Å². The number of aromatic nitrogens is 1. The molecule has 0 spiro atoms. The molecule has 10 nitrogen and oxygen atoms in total. The van der Waals surface area contributed by atoms with E-state index in [0.717, 1.165) is 62.8 Å². The molecule has 0 aromatic carbocycles. The van der Waals surface area contributed by atoms with E-state index in [-0.39, 0.29) is 54.5 Å². The summed E-state index contributed by atoms with van der Waals surface area (Å²) in [5, 5.41) is 36.3. The number of thiol groups is 1. The summed E-state index contributed by atoms with van der Waals surface area (Å²) in [6, 6.07) is -0.0474. The Labute approximate surface area is 273 Å². The number of thioether (sulfide) groups is 1. The van der Waals surface area contributed by atoms with Gasteiger partial charge in [0.05, 0.1) is 17.5 Å². The van der Waals surface area contributed by atoms with Crippen LogP contribution in [-0.2, 0) is 20.8 Å². The van der Waals surface area contributed by atoms with Crippen LogP contribution in [0, 0.1) is 24.7 Å². The number of carboxylic acids is 2. The van der Waals surface area contributed by atoms with Gasteiger partial charge in [0.25, 0.3) is 0 Å². The number of aliphatic carboxylic acids is 2. The largest absolute Gasteiger partial charge is 0.481 e. The highest BCUT2D eigenvalue weighted by Gasteiger charge is 2.44. The lowest BCUT2D eigenvalue weighted by molar-refractivity contribution is -0.508. The second kappa shape index (κ2) is 13.5. The maximum Gasteiger partial charge on any atom is 0.363 e. The van der Waals surface area contributed by atoms with Crippen LogP contribution in [0.2, 0.25) is 0 Å². The predicted molar refractivity (Wildman–Crippen MR) is 179 cm³/mol. The van der Waals surface area contributed by atoms with Crippen LogP contribution < -0.4 is 15.6 Å². The third-order valence-corrected chi connectivity index (χ3v) is 10.8. The lowest BCUT2D eigenvalue weighted by atomic mass is 9.90. The van der Waals surface area contributed by atoms with Crippen LogP contribution in [0.25, 0.3) is 12.2 Å². The summed E-state index contributed by atoms with van der Waals surface area (Å²) in [7, 11) is 0. The Bertz CT molecular complexity index is 1560. The predicted octanol–water partition coefficient (Wildman–Crippen LogP) is 3.32. The fourth-order valence-corrected chi connectivity index (χ4v) is 7.86. The van der Waals surface area contributed by atoms with Gasteiger partial charge in [0.2, 0.25) is 5.91 Å². The third-order valence-electron chi connectivity index (χ3n) is 9.71. The second-order valence-corrected chi connectivity index (χ2v) is 14.0. The van der Waals surface area contributed by atoms with Gasteiger partial charge in [-0.15, -0.1) is 11.8 Å². The fourth-order valence-electron chi connectivity index (χ4n) is 6.91. The molecule has 5 rings (SSSR count). The lowest BCUT2D eigenvalue weighted by Gasteiger charge is -2.17. The molecule has 5 atom stereocenters. The Morgan fingerprint density at radius 1 is 1.07 bits per heavy atom. The number of H-pyrrole nitrogens is 1. The summed E-state index contributed by atoms with van der Waals surface area (Å²) >= 11 is 6.15. The highest BCUT2D eigenvalue weighted by Crippen LogP contribution is 2.42. The Kier molecular flexibility index (Phi) is 9.93. The summed E-state index contributed by atoms with van der Waals surface area (Å²) in [6.45, 7) is 8.02. The van der Waals surface area contributed by atoms with E-state index in [1.54, 1.807) is 11.8 Å². The summed E-state index contributed by atoms with van der Waals surface area (Å²) in [4.78, 5) is 43.7. The molecule has 0 radical (unpaired) electrons. The molecule has 242 valence electrons. The normalized spacial score (nSPS) is 29.5. The van der Waals surface area contributed by atoms with Crippen molar-refractivity contribution in [1.82, 2.24) is 15.6 Å². The van der Waals surface area contributed by atoms with Crippen LogP contribution in [0.1, 0.15) is 75.4 Å². The molecule has 2 fully saturated rings. The number of aromatic amines is 1. The smallest absolute Gasteiger partial charge is 0.363 e. The number of rotatable bonds is 12. The summed E-state index contributed by atoms with van der Waals surface area (Å²) in [5.74, 6) is 0.0603. The Balaban J connectivity index is 1.50. The molecule has 2 unspecified atom stereocenters. The fraction of sp³-hybridized carbons (Fsp3) is 0.515. The van der Waals surface area contributed by atoms with Gasteiger partial charge in [0.15, 0.2) is 6.04 Å². The van der Waals surface area contributed by atoms with Crippen LogP contribution in [-0.4, -0.2) is 67.6 Å². The number of hydrogen-bond acceptors (Lipinski definition) is 6. The molecule has 0 aliphatic carbocycles. The van der Waals surface area contributed by atoms with Crippen molar-refractivity contribution in [3.8, 4) is 0 Å². The Morgan fingerprint density at radius 3 is 2.40 bits per heavy atom. The zero-order valence-corrected chi connectivity index (χ0v) is 27.8. The van der Waals surface area contributed by atoms with E-state index in [2.05, 4.69) is 40.2 Å². The highest BCUT2D eigenvalue weighted by atomic mass is 32.2. The van der Waals surface area contributed by atoms with Gasteiger partial charge in [-0.1, -0.05) is 13.8 Å². The topological polar surface area (TPSA) is 166 Å². The lowest BCUT2D eigenvalue weighted by Crippen LogP contribution is -2.77. The monoisotopic (exact) mass is 655 g/mol. The van der Waals surface area contributed by atoms with Crippen LogP contribution in [0.5, 0.6) is 0 Å². The SMILES string of the molecule is CC1=C(CCC(=O)O)/C(=C\c2[nH]c(/C=C3\NC(=O)[C@H](C)[C@H]3CCS)c(C)c2CCC(=O)O)NC1C[C@H]1[NH+]=C(O)/C(=C2\CS2)C1C. The molecule has 4 aliphatic rings. The first kappa shape index (κ1) is 33.0. The van der Waals surface area contributed by atoms with Crippen LogP contribution in [0.4, 0.5) is 0 Å². The van der Waals surface area contributed by atoms with Gasteiger partial charge in [-0.2, -0.15) is 12.6 Å². The van der Waals surface area contributed by atoms with E-state index in [0.29, 0.717) is 25.0 Å². The van der Waals surface area contributed by atoms with Crippen molar-refractivity contribution in [2.75, 3.05) is 11.5 Å². The first-order chi connectivity index (χ1) is 21.4. The molecule has 45 heavy (non-hydrogen) atoms.